The van der Waals surface area contributed by atoms with Crippen molar-refractivity contribution in [3.05, 3.63) is 146 Å². The van der Waals surface area contributed by atoms with E-state index in [-0.39, 0.29) is 10.6 Å². The van der Waals surface area contributed by atoms with Crippen LogP contribution in [-0.2, 0) is 19.5 Å². The van der Waals surface area contributed by atoms with Gasteiger partial charge < -0.3 is 14.4 Å². The first kappa shape index (κ1) is 28.4. The number of hydrogen-bond donors (Lipinski definition) is 0. The number of nitro benzene ring substituents is 1. The maximum absolute atomic E-state index is 11.6. The molecule has 0 saturated carbocycles. The first-order chi connectivity index (χ1) is 20.5. The summed E-state index contributed by atoms with van der Waals surface area (Å²) in [5.74, 6) is 2.14. The Morgan fingerprint density at radius 1 is 0.857 bits per heavy atom. The van der Waals surface area contributed by atoms with E-state index < -0.39 is 0 Å². The van der Waals surface area contributed by atoms with Crippen LogP contribution in [-0.4, -0.2) is 11.5 Å². The largest absolute Gasteiger partial charge is 0.493 e. The summed E-state index contributed by atoms with van der Waals surface area (Å²) in [5, 5.41) is 22.9. The Bertz CT molecular complexity index is 1680. The van der Waals surface area contributed by atoms with Gasteiger partial charge in [-0.3, -0.25) is 10.1 Å². The van der Waals surface area contributed by atoms with Gasteiger partial charge in [-0.1, -0.05) is 42.5 Å². The van der Waals surface area contributed by atoms with Crippen LogP contribution in [0, 0.1) is 28.4 Å². The number of hydrogen-bond acceptors (Lipinski definition) is 7. The molecule has 0 amide bonds. The molecule has 1 heterocycles. The van der Waals surface area contributed by atoms with Gasteiger partial charge >= 0.3 is 0 Å². The molecule has 4 aromatic carbocycles. The number of ether oxygens (including phenoxy) is 2. The molecule has 0 N–H and O–H groups in total. The highest BCUT2D eigenvalue weighted by Gasteiger charge is 2.18. The van der Waals surface area contributed by atoms with Gasteiger partial charge in [-0.05, 0) is 72.0 Å². The molecule has 7 nitrogen and oxygen atoms in total. The number of nitro groups is 1. The predicted octanol–water partition coefficient (Wildman–Crippen LogP) is 8.46. The minimum absolute atomic E-state index is 0.0822. The third-order valence-corrected chi connectivity index (χ3v) is 7.74. The lowest BCUT2D eigenvalue weighted by atomic mass is 10.1. The molecule has 0 aliphatic carbocycles. The van der Waals surface area contributed by atoms with Crippen molar-refractivity contribution in [3.8, 4) is 23.3 Å². The Morgan fingerprint density at radius 3 is 2.21 bits per heavy atom. The fourth-order valence-electron chi connectivity index (χ4n) is 4.65. The summed E-state index contributed by atoms with van der Waals surface area (Å²) < 4.78 is 12.0. The molecule has 0 radical (unpaired) electrons. The predicted molar refractivity (Wildman–Crippen MR) is 165 cm³/mol. The summed E-state index contributed by atoms with van der Waals surface area (Å²) >= 11 is 1.72. The minimum Gasteiger partial charge on any atom is -0.493 e. The molecule has 0 bridgehead atoms. The monoisotopic (exact) mass is 575 g/mol. The van der Waals surface area contributed by atoms with E-state index in [9.17, 15) is 10.1 Å². The van der Waals surface area contributed by atoms with E-state index in [1.807, 2.05) is 72.8 Å². The number of thiophene rings is 1. The zero-order chi connectivity index (χ0) is 29.3. The van der Waals surface area contributed by atoms with Crippen LogP contribution in [0.3, 0.4) is 0 Å². The summed E-state index contributed by atoms with van der Waals surface area (Å²) in [6.45, 7) is 3.42. The van der Waals surface area contributed by atoms with E-state index >= 15 is 0 Å². The van der Waals surface area contributed by atoms with E-state index in [0.717, 1.165) is 29.0 Å². The van der Waals surface area contributed by atoms with Crippen LogP contribution >= 0.6 is 11.3 Å². The molecule has 5 aromatic rings. The van der Waals surface area contributed by atoms with Crippen molar-refractivity contribution in [2.45, 2.75) is 26.4 Å². The van der Waals surface area contributed by atoms with Gasteiger partial charge in [0, 0.05) is 42.2 Å². The van der Waals surface area contributed by atoms with E-state index in [1.54, 1.807) is 36.5 Å². The molecule has 0 spiro atoms. The van der Waals surface area contributed by atoms with Gasteiger partial charge in [-0.15, -0.1) is 11.3 Å². The SMILES string of the molecule is Cc1c(N(Cc2ccc(C#N)cc2)Cc2ccc(Oc3cccc(OCCc4cccs4)c3)cc2)cccc1[N+](=O)[O-]. The van der Waals surface area contributed by atoms with Gasteiger partial charge in [0.1, 0.15) is 17.2 Å². The van der Waals surface area contributed by atoms with Gasteiger partial charge in [0.2, 0.25) is 0 Å². The van der Waals surface area contributed by atoms with Crippen molar-refractivity contribution in [1.82, 2.24) is 0 Å². The molecule has 42 heavy (non-hydrogen) atoms. The lowest BCUT2D eigenvalue weighted by molar-refractivity contribution is -0.385. The molecular weight excluding hydrogens is 546 g/mol. The second-order valence-corrected chi connectivity index (χ2v) is 10.8. The molecule has 0 aliphatic rings. The van der Waals surface area contributed by atoms with E-state index in [4.69, 9.17) is 14.7 Å². The first-order valence-electron chi connectivity index (χ1n) is 13.5. The minimum atomic E-state index is -0.353. The van der Waals surface area contributed by atoms with Crippen LogP contribution < -0.4 is 14.4 Å². The van der Waals surface area contributed by atoms with Gasteiger partial charge in [-0.25, -0.2) is 0 Å². The fraction of sp³-hybridized carbons (Fsp3) is 0.147. The smallest absolute Gasteiger partial charge is 0.274 e. The molecule has 0 fully saturated rings. The second-order valence-electron chi connectivity index (χ2n) is 9.74. The summed E-state index contributed by atoms with van der Waals surface area (Å²) in [6, 6.07) is 34.2. The quantitative estimate of drug-likeness (QED) is 0.110. The van der Waals surface area contributed by atoms with E-state index in [0.29, 0.717) is 42.3 Å². The Balaban J connectivity index is 1.29. The number of rotatable bonds is 12. The molecule has 1 aromatic heterocycles. The Kier molecular flexibility index (Phi) is 9.12. The maximum Gasteiger partial charge on any atom is 0.274 e. The highest BCUT2D eigenvalue weighted by Crippen LogP contribution is 2.31. The average molecular weight is 576 g/mol. The summed E-state index contributed by atoms with van der Waals surface area (Å²) in [7, 11) is 0. The number of benzene rings is 4. The van der Waals surface area contributed by atoms with E-state index in [1.165, 1.54) is 10.9 Å². The van der Waals surface area contributed by atoms with Crippen molar-refractivity contribution in [2.75, 3.05) is 11.5 Å². The molecule has 0 aliphatic heterocycles. The second kappa shape index (κ2) is 13.5. The van der Waals surface area contributed by atoms with E-state index in [2.05, 4.69) is 22.4 Å². The molecule has 5 rings (SSSR count). The molecule has 210 valence electrons. The topological polar surface area (TPSA) is 88.6 Å². The number of nitrogens with zero attached hydrogens (tertiary/aromatic N) is 3. The van der Waals surface area contributed by atoms with Crippen LogP contribution in [0.2, 0.25) is 0 Å². The van der Waals surface area contributed by atoms with Crippen molar-refractivity contribution in [2.24, 2.45) is 0 Å². The zero-order valence-corrected chi connectivity index (χ0v) is 23.9. The van der Waals surface area contributed by atoms with Crippen LogP contribution in [0.25, 0.3) is 0 Å². The lowest BCUT2D eigenvalue weighted by Gasteiger charge is -2.27. The third kappa shape index (κ3) is 7.33. The number of anilines is 1. The van der Waals surface area contributed by atoms with Crippen molar-refractivity contribution in [3.63, 3.8) is 0 Å². The molecule has 0 atom stereocenters. The maximum atomic E-state index is 11.6. The van der Waals surface area contributed by atoms with Gasteiger partial charge in [0.25, 0.3) is 5.69 Å². The van der Waals surface area contributed by atoms with Crippen molar-refractivity contribution in [1.29, 1.82) is 5.26 Å². The average Bonchev–Trinajstić information content (AvgIpc) is 3.52. The standard InChI is InChI=1S/C34H29N3O4S/c1-25-33(8-3-9-34(25)37(38)39)36(23-27-12-10-26(22-35)11-13-27)24-28-14-16-29(17-15-28)41-31-6-2-5-30(21-31)40-19-18-32-7-4-20-42-32/h2-17,20-21H,18-19,23-24H2,1H3. The Morgan fingerprint density at radius 2 is 1.55 bits per heavy atom. The Labute approximate surface area is 249 Å². The summed E-state index contributed by atoms with van der Waals surface area (Å²) in [5.41, 5.74) is 4.07. The van der Waals surface area contributed by atoms with Crippen LogP contribution in [0.4, 0.5) is 11.4 Å². The van der Waals surface area contributed by atoms with Crippen molar-refractivity contribution < 1.29 is 14.4 Å². The van der Waals surface area contributed by atoms with Crippen LogP contribution in [0.1, 0.15) is 27.1 Å². The molecular formula is C34H29N3O4S. The summed E-state index contributed by atoms with van der Waals surface area (Å²) in [4.78, 5) is 14.7. The summed E-state index contributed by atoms with van der Waals surface area (Å²) in [6.07, 6.45) is 0.863. The molecule has 8 heteroatoms. The van der Waals surface area contributed by atoms with Gasteiger partial charge in [0.15, 0.2) is 0 Å². The first-order valence-corrected chi connectivity index (χ1v) is 14.4. The fourth-order valence-corrected chi connectivity index (χ4v) is 5.34. The van der Waals surface area contributed by atoms with Crippen molar-refractivity contribution >= 4 is 22.7 Å². The normalized spacial score (nSPS) is 10.6. The number of nitriles is 1. The van der Waals surface area contributed by atoms with Crippen LogP contribution in [0.15, 0.2) is 109 Å². The van der Waals surface area contributed by atoms with Gasteiger partial charge in [0.05, 0.1) is 28.7 Å². The van der Waals surface area contributed by atoms with Crippen LogP contribution in [0.5, 0.6) is 17.2 Å². The zero-order valence-electron chi connectivity index (χ0n) is 23.1. The van der Waals surface area contributed by atoms with Gasteiger partial charge in [-0.2, -0.15) is 5.26 Å². The highest BCUT2D eigenvalue weighted by atomic mass is 32.1. The Hall–Kier alpha value is -5.13. The third-order valence-electron chi connectivity index (χ3n) is 6.81. The molecule has 0 unspecified atom stereocenters. The molecule has 0 saturated heterocycles. The lowest BCUT2D eigenvalue weighted by Crippen LogP contribution is -2.23. The highest BCUT2D eigenvalue weighted by molar-refractivity contribution is 7.09.